The van der Waals surface area contributed by atoms with Gasteiger partial charge in [-0.15, -0.1) is 0 Å². The van der Waals surface area contributed by atoms with Crippen LogP contribution < -0.4 is 0 Å². The van der Waals surface area contributed by atoms with Crippen molar-refractivity contribution in [2.45, 2.75) is 25.6 Å². The highest BCUT2D eigenvalue weighted by Crippen LogP contribution is 2.26. The van der Waals surface area contributed by atoms with Crippen LogP contribution in [-0.4, -0.2) is 22.6 Å². The Kier molecular flexibility index (Phi) is 4.32. The van der Waals surface area contributed by atoms with Crippen LogP contribution in [0.5, 0.6) is 0 Å². The van der Waals surface area contributed by atoms with Crippen LogP contribution in [0.25, 0.3) is 0 Å². The van der Waals surface area contributed by atoms with Crippen LogP contribution in [-0.2, 0) is 0 Å². The standard InChI is InChI=1S/C12H12FNO3/c1-7-2-3-9(13)8(6-15)11(7)12(17)10(16)4-5-14/h2-3,6,10,12,16-17H,4H2,1H3. The fourth-order valence-corrected chi connectivity index (χ4v) is 1.63. The first-order chi connectivity index (χ1) is 8.02. The predicted molar refractivity (Wildman–Crippen MR) is 57.7 cm³/mol. The second kappa shape index (κ2) is 5.53. The quantitative estimate of drug-likeness (QED) is 0.772. The van der Waals surface area contributed by atoms with Gasteiger partial charge in [0.25, 0.3) is 0 Å². The Balaban J connectivity index is 3.25. The fourth-order valence-electron chi connectivity index (χ4n) is 1.63. The van der Waals surface area contributed by atoms with Gasteiger partial charge in [-0.3, -0.25) is 4.79 Å². The summed E-state index contributed by atoms with van der Waals surface area (Å²) in [6.07, 6.45) is -2.81. The number of benzene rings is 1. The number of halogens is 1. The molecule has 0 saturated carbocycles. The normalized spacial score (nSPS) is 13.8. The number of aliphatic hydroxyl groups is 2. The number of nitriles is 1. The van der Waals surface area contributed by atoms with E-state index in [9.17, 15) is 19.4 Å². The molecule has 0 aromatic heterocycles. The van der Waals surface area contributed by atoms with E-state index in [0.29, 0.717) is 11.8 Å². The molecule has 0 fully saturated rings. The Bertz CT molecular complexity index is 468. The van der Waals surface area contributed by atoms with Gasteiger partial charge in [0.05, 0.1) is 24.2 Å². The number of nitrogens with zero attached hydrogens (tertiary/aromatic N) is 1. The molecule has 5 heteroatoms. The van der Waals surface area contributed by atoms with Crippen LogP contribution in [0.2, 0.25) is 0 Å². The Morgan fingerprint density at radius 1 is 1.53 bits per heavy atom. The smallest absolute Gasteiger partial charge is 0.153 e. The molecule has 1 aromatic rings. The first kappa shape index (κ1) is 13.3. The molecule has 0 aliphatic carbocycles. The topological polar surface area (TPSA) is 81.3 Å². The second-order valence-corrected chi connectivity index (χ2v) is 3.68. The van der Waals surface area contributed by atoms with Gasteiger partial charge in [-0.25, -0.2) is 4.39 Å². The minimum Gasteiger partial charge on any atom is -0.389 e. The largest absolute Gasteiger partial charge is 0.389 e. The zero-order chi connectivity index (χ0) is 13.0. The SMILES string of the molecule is Cc1ccc(F)c(C=O)c1C(O)C(O)CC#N. The molecule has 17 heavy (non-hydrogen) atoms. The van der Waals surface area contributed by atoms with E-state index in [1.54, 1.807) is 13.0 Å². The summed E-state index contributed by atoms with van der Waals surface area (Å²) in [5.41, 5.74) is 0.232. The predicted octanol–water partition coefficient (Wildman–Crippen LogP) is 1.25. The van der Waals surface area contributed by atoms with E-state index in [0.717, 1.165) is 6.07 Å². The van der Waals surface area contributed by atoms with Crippen molar-refractivity contribution in [3.8, 4) is 6.07 Å². The van der Waals surface area contributed by atoms with Crippen LogP contribution in [0.15, 0.2) is 12.1 Å². The Labute approximate surface area is 97.9 Å². The second-order valence-electron chi connectivity index (χ2n) is 3.68. The third-order valence-corrected chi connectivity index (χ3v) is 2.53. The third kappa shape index (κ3) is 2.67. The first-order valence-electron chi connectivity index (χ1n) is 5.00. The van der Waals surface area contributed by atoms with Gasteiger partial charge in [-0.1, -0.05) is 6.07 Å². The van der Waals surface area contributed by atoms with Crippen LogP contribution in [0.3, 0.4) is 0 Å². The summed E-state index contributed by atoms with van der Waals surface area (Å²) in [6, 6.07) is 4.22. The highest BCUT2D eigenvalue weighted by Gasteiger charge is 2.24. The van der Waals surface area contributed by atoms with Crippen molar-refractivity contribution in [3.05, 3.63) is 34.6 Å². The molecule has 1 rings (SSSR count). The van der Waals surface area contributed by atoms with Gasteiger partial charge in [0.15, 0.2) is 6.29 Å². The van der Waals surface area contributed by atoms with Crippen molar-refractivity contribution in [1.29, 1.82) is 5.26 Å². The van der Waals surface area contributed by atoms with Gasteiger partial charge in [-0.2, -0.15) is 5.26 Å². The average molecular weight is 237 g/mol. The van der Waals surface area contributed by atoms with Crippen LogP contribution in [0.4, 0.5) is 4.39 Å². The molecular formula is C12H12FNO3. The molecule has 0 aliphatic rings. The lowest BCUT2D eigenvalue weighted by atomic mass is 9.93. The van der Waals surface area contributed by atoms with E-state index in [1.165, 1.54) is 6.07 Å². The molecule has 0 radical (unpaired) electrons. The summed E-state index contributed by atoms with van der Waals surface area (Å²) in [6.45, 7) is 1.59. The van der Waals surface area contributed by atoms with Crippen LogP contribution >= 0.6 is 0 Å². The number of carbonyl (C=O) groups is 1. The van der Waals surface area contributed by atoms with Crippen molar-refractivity contribution in [3.63, 3.8) is 0 Å². The molecule has 2 N–H and O–H groups in total. The number of aliphatic hydroxyl groups excluding tert-OH is 2. The van der Waals surface area contributed by atoms with Gasteiger partial charge in [-0.05, 0) is 24.1 Å². The molecular weight excluding hydrogens is 225 g/mol. The number of hydrogen-bond acceptors (Lipinski definition) is 4. The summed E-state index contributed by atoms with van der Waals surface area (Å²) in [4.78, 5) is 10.8. The maximum Gasteiger partial charge on any atom is 0.153 e. The Morgan fingerprint density at radius 3 is 2.71 bits per heavy atom. The van der Waals surface area contributed by atoms with E-state index >= 15 is 0 Å². The zero-order valence-electron chi connectivity index (χ0n) is 9.22. The summed E-state index contributed by atoms with van der Waals surface area (Å²) in [5, 5.41) is 27.7. The molecule has 90 valence electrons. The highest BCUT2D eigenvalue weighted by molar-refractivity contribution is 5.78. The van der Waals surface area contributed by atoms with E-state index in [2.05, 4.69) is 0 Å². The zero-order valence-corrected chi connectivity index (χ0v) is 9.22. The molecule has 2 unspecified atom stereocenters. The van der Waals surface area contributed by atoms with E-state index in [1.807, 2.05) is 0 Å². The van der Waals surface area contributed by atoms with Crippen LogP contribution in [0.1, 0.15) is 34.0 Å². The molecule has 0 bridgehead atoms. The van der Waals surface area contributed by atoms with Crippen molar-refractivity contribution in [1.82, 2.24) is 0 Å². The Morgan fingerprint density at radius 2 is 2.18 bits per heavy atom. The number of rotatable bonds is 4. The molecule has 0 saturated heterocycles. The minimum absolute atomic E-state index is 0.0303. The van der Waals surface area contributed by atoms with E-state index in [4.69, 9.17) is 5.26 Å². The molecule has 2 atom stereocenters. The van der Waals surface area contributed by atoms with Crippen molar-refractivity contribution in [2.24, 2.45) is 0 Å². The van der Waals surface area contributed by atoms with Gasteiger partial charge in [0.1, 0.15) is 11.9 Å². The first-order valence-corrected chi connectivity index (χ1v) is 5.00. The number of carbonyl (C=O) groups excluding carboxylic acids is 1. The minimum atomic E-state index is -1.45. The maximum atomic E-state index is 13.4. The average Bonchev–Trinajstić information content (AvgIpc) is 2.31. The maximum absolute atomic E-state index is 13.4. The van der Waals surface area contributed by atoms with Crippen molar-refractivity contribution < 1.29 is 19.4 Å². The molecule has 1 aromatic carbocycles. The molecule has 0 heterocycles. The monoisotopic (exact) mass is 237 g/mol. The summed E-state index contributed by atoms with van der Waals surface area (Å²) < 4.78 is 13.4. The molecule has 0 amide bonds. The highest BCUT2D eigenvalue weighted by atomic mass is 19.1. The van der Waals surface area contributed by atoms with Gasteiger partial charge in [0.2, 0.25) is 0 Å². The fraction of sp³-hybridized carbons (Fsp3) is 0.333. The Hall–Kier alpha value is -1.77. The van der Waals surface area contributed by atoms with E-state index in [-0.39, 0.29) is 17.5 Å². The summed E-state index contributed by atoms with van der Waals surface area (Å²) >= 11 is 0. The number of aldehydes is 1. The van der Waals surface area contributed by atoms with Gasteiger partial charge >= 0.3 is 0 Å². The van der Waals surface area contributed by atoms with Gasteiger partial charge < -0.3 is 10.2 Å². The van der Waals surface area contributed by atoms with E-state index < -0.39 is 18.0 Å². The van der Waals surface area contributed by atoms with Crippen molar-refractivity contribution in [2.75, 3.05) is 0 Å². The van der Waals surface area contributed by atoms with Crippen molar-refractivity contribution >= 4 is 6.29 Å². The summed E-state index contributed by atoms with van der Waals surface area (Å²) in [7, 11) is 0. The summed E-state index contributed by atoms with van der Waals surface area (Å²) in [5.74, 6) is -0.760. The lowest BCUT2D eigenvalue weighted by Crippen LogP contribution is -2.20. The van der Waals surface area contributed by atoms with Crippen LogP contribution in [0, 0.1) is 24.1 Å². The molecule has 0 aliphatic heterocycles. The van der Waals surface area contributed by atoms with Gasteiger partial charge in [0, 0.05) is 0 Å². The number of hydrogen-bond donors (Lipinski definition) is 2. The molecule has 0 spiro atoms. The lowest BCUT2D eigenvalue weighted by Gasteiger charge is -2.19. The molecule has 4 nitrogen and oxygen atoms in total. The number of aryl methyl sites for hydroxylation is 1. The third-order valence-electron chi connectivity index (χ3n) is 2.53. The lowest BCUT2D eigenvalue weighted by molar-refractivity contribution is 0.0207.